The van der Waals surface area contributed by atoms with Crippen LogP contribution in [0, 0.1) is 28.6 Å². The molecule has 0 saturated heterocycles. The van der Waals surface area contributed by atoms with Crippen molar-refractivity contribution in [2.75, 3.05) is 0 Å². The van der Waals surface area contributed by atoms with Crippen LogP contribution < -0.4 is 0 Å². The lowest BCUT2D eigenvalue weighted by Gasteiger charge is -2.62. The first-order valence-electron chi connectivity index (χ1n) is 12.5. The van der Waals surface area contributed by atoms with Crippen LogP contribution in [-0.4, -0.2) is 33.1 Å². The fourth-order valence-corrected chi connectivity index (χ4v) is 8.28. The van der Waals surface area contributed by atoms with Gasteiger partial charge in [0.1, 0.15) is 0 Å². The van der Waals surface area contributed by atoms with Crippen LogP contribution in [0.3, 0.4) is 0 Å². The molecule has 4 rings (SSSR count). The molecule has 0 aromatic carbocycles. The number of aliphatic hydroxyl groups is 3. The van der Waals surface area contributed by atoms with Gasteiger partial charge in [-0.05, 0) is 94.8 Å². The Bertz CT molecular complexity index is 734. The van der Waals surface area contributed by atoms with E-state index in [4.69, 9.17) is 0 Å². The monoisotopic (exact) mass is 416 g/mol. The first-order chi connectivity index (χ1) is 14.0. The first-order valence-corrected chi connectivity index (χ1v) is 12.5. The van der Waals surface area contributed by atoms with Crippen LogP contribution in [0.1, 0.15) is 98.8 Å². The van der Waals surface area contributed by atoms with Crippen molar-refractivity contribution in [3.8, 4) is 0 Å². The minimum Gasteiger partial charge on any atom is -0.393 e. The van der Waals surface area contributed by atoms with Crippen molar-refractivity contribution in [3.63, 3.8) is 0 Å². The van der Waals surface area contributed by atoms with Gasteiger partial charge in [0.2, 0.25) is 0 Å². The maximum absolute atomic E-state index is 11.6. The van der Waals surface area contributed by atoms with E-state index in [9.17, 15) is 15.3 Å². The van der Waals surface area contributed by atoms with E-state index in [0.717, 1.165) is 25.2 Å². The summed E-state index contributed by atoms with van der Waals surface area (Å²) in [6.07, 6.45) is 10.8. The van der Waals surface area contributed by atoms with E-state index in [1.54, 1.807) is 5.57 Å². The summed E-state index contributed by atoms with van der Waals surface area (Å²) in [5.41, 5.74) is 3.32. The zero-order valence-electron chi connectivity index (χ0n) is 19.9. The Kier molecular flexibility index (Phi) is 5.82. The molecule has 3 N–H and O–H groups in total. The fourth-order valence-electron chi connectivity index (χ4n) is 8.28. The van der Waals surface area contributed by atoms with Crippen molar-refractivity contribution >= 4 is 0 Å². The summed E-state index contributed by atoms with van der Waals surface area (Å²) in [6, 6.07) is 0. The number of rotatable bonds is 4. The van der Waals surface area contributed by atoms with E-state index in [1.807, 2.05) is 0 Å². The highest BCUT2D eigenvalue weighted by molar-refractivity contribution is 5.37. The number of aliphatic hydroxyl groups excluding tert-OH is 2. The van der Waals surface area contributed by atoms with Crippen LogP contribution in [-0.2, 0) is 0 Å². The molecule has 3 heteroatoms. The molecule has 2 unspecified atom stereocenters. The first kappa shape index (κ1) is 22.6. The maximum atomic E-state index is 11.6. The topological polar surface area (TPSA) is 60.7 Å². The normalized spacial score (nSPS) is 46.7. The Morgan fingerprint density at radius 2 is 1.87 bits per heavy atom. The SMILES string of the molecule is CC(C)=CCCC(C)[C@H]1CCC2=C3C[C@H](O)[C@@]4(O)C[C@@H](O)CC[C@]4(C)C3CC[C@@]21C. The van der Waals surface area contributed by atoms with Gasteiger partial charge < -0.3 is 15.3 Å². The Labute approximate surface area is 183 Å². The van der Waals surface area contributed by atoms with Gasteiger partial charge in [0.25, 0.3) is 0 Å². The summed E-state index contributed by atoms with van der Waals surface area (Å²) in [4.78, 5) is 0. The summed E-state index contributed by atoms with van der Waals surface area (Å²) in [5.74, 6) is 1.80. The van der Waals surface area contributed by atoms with E-state index < -0.39 is 17.8 Å². The summed E-state index contributed by atoms with van der Waals surface area (Å²) in [6.45, 7) is 11.5. The summed E-state index contributed by atoms with van der Waals surface area (Å²) in [7, 11) is 0. The van der Waals surface area contributed by atoms with Gasteiger partial charge in [-0.3, -0.25) is 0 Å². The average molecular weight is 417 g/mol. The molecular weight excluding hydrogens is 372 g/mol. The van der Waals surface area contributed by atoms with Gasteiger partial charge >= 0.3 is 0 Å². The predicted molar refractivity (Wildman–Crippen MR) is 122 cm³/mol. The van der Waals surface area contributed by atoms with Gasteiger partial charge in [0.05, 0.1) is 17.8 Å². The molecule has 0 amide bonds. The second-order valence-corrected chi connectivity index (χ2v) is 12.0. The molecule has 30 heavy (non-hydrogen) atoms. The van der Waals surface area contributed by atoms with E-state index in [-0.39, 0.29) is 10.8 Å². The lowest BCUT2D eigenvalue weighted by atomic mass is 9.46. The van der Waals surface area contributed by atoms with Gasteiger partial charge in [0.15, 0.2) is 0 Å². The molecule has 0 aliphatic heterocycles. The second-order valence-electron chi connectivity index (χ2n) is 12.0. The Morgan fingerprint density at radius 3 is 2.57 bits per heavy atom. The van der Waals surface area contributed by atoms with Crippen LogP contribution in [0.25, 0.3) is 0 Å². The zero-order chi connectivity index (χ0) is 21.9. The molecule has 4 aliphatic carbocycles. The molecule has 8 atom stereocenters. The lowest BCUT2D eigenvalue weighted by molar-refractivity contribution is -0.225. The van der Waals surface area contributed by atoms with E-state index in [1.165, 1.54) is 43.3 Å². The molecule has 0 heterocycles. The maximum Gasteiger partial charge on any atom is 0.0991 e. The highest BCUT2D eigenvalue weighted by atomic mass is 16.3. The number of hydrogen-bond donors (Lipinski definition) is 3. The van der Waals surface area contributed by atoms with Crippen LogP contribution in [0.4, 0.5) is 0 Å². The third-order valence-electron chi connectivity index (χ3n) is 10.1. The van der Waals surface area contributed by atoms with Gasteiger partial charge in [-0.2, -0.15) is 0 Å². The van der Waals surface area contributed by atoms with Crippen LogP contribution in [0.5, 0.6) is 0 Å². The molecule has 3 fully saturated rings. The van der Waals surface area contributed by atoms with Gasteiger partial charge in [-0.25, -0.2) is 0 Å². The Morgan fingerprint density at radius 1 is 1.13 bits per heavy atom. The molecule has 0 aromatic heterocycles. The lowest BCUT2D eigenvalue weighted by Crippen LogP contribution is -2.66. The molecule has 4 aliphatic rings. The molecule has 0 aromatic rings. The molecule has 170 valence electrons. The summed E-state index contributed by atoms with van der Waals surface area (Å²) in [5, 5.41) is 33.0. The van der Waals surface area contributed by atoms with Crippen molar-refractivity contribution < 1.29 is 15.3 Å². The van der Waals surface area contributed by atoms with Crippen molar-refractivity contribution in [1.82, 2.24) is 0 Å². The molecule has 0 radical (unpaired) electrons. The molecule has 0 bridgehead atoms. The Hall–Kier alpha value is -0.640. The predicted octanol–water partition coefficient (Wildman–Crippen LogP) is 5.54. The molecule has 0 spiro atoms. The summed E-state index contributed by atoms with van der Waals surface area (Å²) >= 11 is 0. The third-order valence-corrected chi connectivity index (χ3v) is 10.1. The number of fused-ring (bicyclic) bond motifs is 4. The van der Waals surface area contributed by atoms with Gasteiger partial charge in [0, 0.05) is 11.8 Å². The number of allylic oxidation sites excluding steroid dienone is 3. The van der Waals surface area contributed by atoms with Gasteiger partial charge in [-0.1, -0.05) is 43.6 Å². The Balaban J connectivity index is 1.63. The standard InChI is InChI=1S/C27H44O3/c1-17(2)7-6-8-18(3)21-9-10-22-20-15-24(29)27(30)16-19(28)11-14-26(27,5)23(20)12-13-25(21,22)4/h7,18-19,21,23-24,28-30H,6,8-16H2,1-5H3/t18?,19-,21+,23?,24-,25+,26+,27-/m0/s1. The third kappa shape index (κ3) is 3.26. The van der Waals surface area contributed by atoms with E-state index >= 15 is 0 Å². The minimum absolute atomic E-state index is 0.260. The second kappa shape index (κ2) is 7.74. The minimum atomic E-state index is -1.15. The van der Waals surface area contributed by atoms with Crippen LogP contribution in [0.2, 0.25) is 0 Å². The molecular formula is C27H44O3. The zero-order valence-corrected chi connectivity index (χ0v) is 19.9. The van der Waals surface area contributed by atoms with Crippen molar-refractivity contribution in [1.29, 1.82) is 0 Å². The highest BCUT2D eigenvalue weighted by Gasteiger charge is 2.64. The van der Waals surface area contributed by atoms with Crippen molar-refractivity contribution in [2.24, 2.45) is 28.6 Å². The highest BCUT2D eigenvalue weighted by Crippen LogP contribution is 2.66. The van der Waals surface area contributed by atoms with Crippen LogP contribution in [0.15, 0.2) is 22.8 Å². The largest absolute Gasteiger partial charge is 0.393 e. The van der Waals surface area contributed by atoms with Crippen LogP contribution >= 0.6 is 0 Å². The van der Waals surface area contributed by atoms with Crippen molar-refractivity contribution in [3.05, 3.63) is 22.8 Å². The van der Waals surface area contributed by atoms with E-state index in [2.05, 4.69) is 40.7 Å². The van der Waals surface area contributed by atoms with E-state index in [0.29, 0.717) is 24.7 Å². The molecule has 3 nitrogen and oxygen atoms in total. The van der Waals surface area contributed by atoms with Gasteiger partial charge in [-0.15, -0.1) is 0 Å². The van der Waals surface area contributed by atoms with Crippen molar-refractivity contribution in [2.45, 2.75) is 117 Å². The quantitative estimate of drug-likeness (QED) is 0.527. The summed E-state index contributed by atoms with van der Waals surface area (Å²) < 4.78 is 0. The molecule has 3 saturated carbocycles. The number of hydrogen-bond acceptors (Lipinski definition) is 3. The fraction of sp³-hybridized carbons (Fsp3) is 0.852. The average Bonchev–Trinajstić information content (AvgIpc) is 3.01. The smallest absolute Gasteiger partial charge is 0.0991 e.